The molecule has 0 saturated carbocycles. The smallest absolute Gasteiger partial charge is 0.309 e. The van der Waals surface area contributed by atoms with Crippen LogP contribution in [0.4, 0.5) is 0 Å². The van der Waals surface area contributed by atoms with E-state index < -0.39 is 0 Å². The van der Waals surface area contributed by atoms with E-state index in [0.717, 1.165) is 6.42 Å². The van der Waals surface area contributed by atoms with E-state index in [1.807, 2.05) is 37.3 Å². The topological polar surface area (TPSA) is 35.5 Å². The third kappa shape index (κ3) is 3.30. The maximum absolute atomic E-state index is 11.4. The molecule has 0 aliphatic carbocycles. The molecule has 1 aliphatic heterocycles. The zero-order chi connectivity index (χ0) is 12.1. The zero-order valence-electron chi connectivity index (χ0n) is 10.1. The van der Waals surface area contributed by atoms with E-state index in [-0.39, 0.29) is 11.9 Å². The van der Waals surface area contributed by atoms with Crippen LogP contribution in [0.3, 0.4) is 0 Å². The molecule has 0 bridgehead atoms. The Kier molecular flexibility index (Phi) is 4.15. The summed E-state index contributed by atoms with van der Waals surface area (Å²) < 4.78 is 10.7. The van der Waals surface area contributed by atoms with Gasteiger partial charge < -0.3 is 9.47 Å². The van der Waals surface area contributed by atoms with Gasteiger partial charge in [-0.1, -0.05) is 37.3 Å². The van der Waals surface area contributed by atoms with Gasteiger partial charge in [-0.15, -0.1) is 0 Å². The number of esters is 1. The van der Waals surface area contributed by atoms with E-state index >= 15 is 0 Å². The molecule has 1 saturated heterocycles. The first kappa shape index (κ1) is 12.1. The zero-order valence-corrected chi connectivity index (χ0v) is 10.1. The maximum Gasteiger partial charge on any atom is 0.309 e. The van der Waals surface area contributed by atoms with Crippen LogP contribution in [0.2, 0.25) is 0 Å². The van der Waals surface area contributed by atoms with Gasteiger partial charge >= 0.3 is 5.97 Å². The summed E-state index contributed by atoms with van der Waals surface area (Å²) in [6.07, 6.45) is 0.904. The second-order valence-corrected chi connectivity index (χ2v) is 4.51. The van der Waals surface area contributed by atoms with E-state index in [2.05, 4.69) is 0 Å². The molecule has 0 amide bonds. The Bertz CT molecular complexity index is 361. The lowest BCUT2D eigenvalue weighted by Gasteiger charge is -2.27. The van der Waals surface area contributed by atoms with Crippen molar-refractivity contribution in [2.75, 3.05) is 13.2 Å². The molecule has 2 rings (SSSR count). The van der Waals surface area contributed by atoms with Crippen LogP contribution in [0.15, 0.2) is 30.3 Å². The third-order valence-corrected chi connectivity index (χ3v) is 3.26. The van der Waals surface area contributed by atoms with Crippen molar-refractivity contribution in [3.05, 3.63) is 35.9 Å². The molecule has 1 fully saturated rings. The predicted molar refractivity (Wildman–Crippen MR) is 64.3 cm³/mol. The molecular weight excluding hydrogens is 216 g/mol. The molecule has 3 heteroatoms. The van der Waals surface area contributed by atoms with Gasteiger partial charge in [0, 0.05) is 0 Å². The van der Waals surface area contributed by atoms with Gasteiger partial charge in [-0.2, -0.15) is 0 Å². The fourth-order valence-corrected chi connectivity index (χ4v) is 2.01. The second kappa shape index (κ2) is 5.82. The molecule has 0 N–H and O–H groups in total. The number of benzene rings is 1. The Morgan fingerprint density at radius 2 is 2.12 bits per heavy atom. The lowest BCUT2D eigenvalue weighted by molar-refractivity contribution is -0.157. The molecule has 2 atom stereocenters. The molecule has 0 spiro atoms. The standard InChI is InChI=1S/C14H18O3/c1-11-13(7-8-17-14(11)15)10-16-9-12-5-3-2-4-6-12/h2-6,11,13H,7-10H2,1H3/t11-,13-/m1/s1. The maximum atomic E-state index is 11.4. The number of carbonyl (C=O) groups excluding carboxylic acids is 1. The van der Waals surface area contributed by atoms with Crippen molar-refractivity contribution in [2.45, 2.75) is 20.0 Å². The minimum absolute atomic E-state index is 0.0421. The van der Waals surface area contributed by atoms with E-state index in [0.29, 0.717) is 25.7 Å². The lowest BCUT2D eigenvalue weighted by atomic mass is 9.90. The van der Waals surface area contributed by atoms with Crippen molar-refractivity contribution in [1.29, 1.82) is 0 Å². The summed E-state index contributed by atoms with van der Waals surface area (Å²) in [6.45, 7) is 3.69. The second-order valence-electron chi connectivity index (χ2n) is 4.51. The quantitative estimate of drug-likeness (QED) is 0.750. The molecule has 0 unspecified atom stereocenters. The summed E-state index contributed by atoms with van der Waals surface area (Å²) in [6, 6.07) is 10.1. The molecule has 92 valence electrons. The Morgan fingerprint density at radius 3 is 2.88 bits per heavy atom. The van der Waals surface area contributed by atoms with Crippen LogP contribution >= 0.6 is 0 Å². The van der Waals surface area contributed by atoms with Crippen molar-refractivity contribution in [3.63, 3.8) is 0 Å². The van der Waals surface area contributed by atoms with Gasteiger partial charge in [-0.05, 0) is 17.9 Å². The number of cyclic esters (lactones) is 1. The van der Waals surface area contributed by atoms with Crippen LogP contribution in [-0.2, 0) is 20.9 Å². The highest BCUT2D eigenvalue weighted by Crippen LogP contribution is 2.23. The Labute approximate surface area is 102 Å². The lowest BCUT2D eigenvalue weighted by Crippen LogP contribution is -2.33. The third-order valence-electron chi connectivity index (χ3n) is 3.26. The van der Waals surface area contributed by atoms with Crippen LogP contribution in [0.25, 0.3) is 0 Å². The van der Waals surface area contributed by atoms with Gasteiger partial charge in [0.2, 0.25) is 0 Å². The molecule has 0 aromatic heterocycles. The van der Waals surface area contributed by atoms with Crippen LogP contribution in [0, 0.1) is 11.8 Å². The van der Waals surface area contributed by atoms with Crippen molar-refractivity contribution >= 4 is 5.97 Å². The molecule has 3 nitrogen and oxygen atoms in total. The van der Waals surface area contributed by atoms with E-state index in [1.54, 1.807) is 0 Å². The van der Waals surface area contributed by atoms with Gasteiger partial charge in [0.25, 0.3) is 0 Å². The number of carbonyl (C=O) groups is 1. The Hall–Kier alpha value is -1.35. The van der Waals surface area contributed by atoms with E-state index in [1.165, 1.54) is 5.56 Å². The highest BCUT2D eigenvalue weighted by molar-refractivity contribution is 5.73. The fourth-order valence-electron chi connectivity index (χ4n) is 2.01. The first-order chi connectivity index (χ1) is 8.27. The van der Waals surface area contributed by atoms with Gasteiger partial charge in [0.05, 0.1) is 25.7 Å². The molecule has 1 aromatic rings. The average Bonchev–Trinajstić information content (AvgIpc) is 2.36. The summed E-state index contributed by atoms with van der Waals surface area (Å²) >= 11 is 0. The van der Waals surface area contributed by atoms with Crippen LogP contribution in [0.5, 0.6) is 0 Å². The molecular formula is C14H18O3. The fraction of sp³-hybridized carbons (Fsp3) is 0.500. The number of hydrogen-bond donors (Lipinski definition) is 0. The predicted octanol–water partition coefficient (Wildman–Crippen LogP) is 2.40. The monoisotopic (exact) mass is 234 g/mol. The molecule has 1 heterocycles. The van der Waals surface area contributed by atoms with Crippen LogP contribution < -0.4 is 0 Å². The van der Waals surface area contributed by atoms with Crippen LogP contribution in [-0.4, -0.2) is 19.2 Å². The SMILES string of the molecule is C[C@H]1C(=O)OCC[C@@H]1COCc1ccccc1. The normalized spacial score (nSPS) is 24.4. The minimum atomic E-state index is -0.0930. The summed E-state index contributed by atoms with van der Waals surface area (Å²) in [5.74, 6) is 0.157. The van der Waals surface area contributed by atoms with E-state index in [9.17, 15) is 4.79 Å². The first-order valence-electron chi connectivity index (χ1n) is 6.05. The Balaban J connectivity index is 1.76. The number of rotatable bonds is 4. The molecule has 1 aromatic carbocycles. The largest absolute Gasteiger partial charge is 0.465 e. The molecule has 0 radical (unpaired) electrons. The highest BCUT2D eigenvalue weighted by Gasteiger charge is 2.29. The number of ether oxygens (including phenoxy) is 2. The molecule has 17 heavy (non-hydrogen) atoms. The van der Waals surface area contributed by atoms with Gasteiger partial charge in [0.15, 0.2) is 0 Å². The van der Waals surface area contributed by atoms with Crippen molar-refractivity contribution in [2.24, 2.45) is 11.8 Å². The van der Waals surface area contributed by atoms with Gasteiger partial charge in [0.1, 0.15) is 0 Å². The van der Waals surface area contributed by atoms with Crippen LogP contribution in [0.1, 0.15) is 18.9 Å². The minimum Gasteiger partial charge on any atom is -0.465 e. The van der Waals surface area contributed by atoms with Crippen molar-refractivity contribution in [1.82, 2.24) is 0 Å². The van der Waals surface area contributed by atoms with Gasteiger partial charge in [-0.3, -0.25) is 4.79 Å². The first-order valence-corrected chi connectivity index (χ1v) is 6.05. The summed E-state index contributed by atoms with van der Waals surface area (Å²) in [5, 5.41) is 0. The van der Waals surface area contributed by atoms with Gasteiger partial charge in [-0.25, -0.2) is 0 Å². The summed E-state index contributed by atoms with van der Waals surface area (Å²) in [5.41, 5.74) is 1.17. The summed E-state index contributed by atoms with van der Waals surface area (Å²) in [4.78, 5) is 11.4. The summed E-state index contributed by atoms with van der Waals surface area (Å²) in [7, 11) is 0. The number of hydrogen-bond acceptors (Lipinski definition) is 3. The molecule has 1 aliphatic rings. The Morgan fingerprint density at radius 1 is 1.35 bits per heavy atom. The van der Waals surface area contributed by atoms with Crippen molar-refractivity contribution < 1.29 is 14.3 Å². The van der Waals surface area contributed by atoms with E-state index in [4.69, 9.17) is 9.47 Å². The average molecular weight is 234 g/mol. The highest BCUT2D eigenvalue weighted by atomic mass is 16.5. The van der Waals surface area contributed by atoms with Crippen molar-refractivity contribution in [3.8, 4) is 0 Å².